The molecule has 0 bridgehead atoms. The third kappa shape index (κ3) is 4.20. The maximum absolute atomic E-state index is 9.88. The zero-order chi connectivity index (χ0) is 18.6. The molecule has 1 atom stereocenters. The third-order valence-corrected chi connectivity index (χ3v) is 6.16. The smallest absolute Gasteiger partial charge is 0.146 e. The number of hydrogen-bond donors (Lipinski definition) is 2. The molecule has 1 saturated carbocycles. The van der Waals surface area contributed by atoms with Gasteiger partial charge < -0.3 is 20.3 Å². The minimum absolute atomic E-state index is 0.272. The number of anilines is 2. The second-order valence-corrected chi connectivity index (χ2v) is 8.24. The predicted molar refractivity (Wildman–Crippen MR) is 107 cm³/mol. The van der Waals surface area contributed by atoms with Gasteiger partial charge in [-0.1, -0.05) is 19.3 Å². The lowest BCUT2D eigenvalue weighted by Gasteiger charge is -2.30. The second kappa shape index (κ2) is 8.45. The number of nitriles is 1. The quantitative estimate of drug-likeness (QED) is 0.830. The van der Waals surface area contributed by atoms with E-state index < -0.39 is 0 Å². The Morgan fingerprint density at radius 2 is 2.00 bits per heavy atom. The van der Waals surface area contributed by atoms with Crippen molar-refractivity contribution in [2.45, 2.75) is 70.1 Å². The van der Waals surface area contributed by atoms with Crippen molar-refractivity contribution < 1.29 is 4.74 Å². The van der Waals surface area contributed by atoms with E-state index in [1.54, 1.807) is 0 Å². The van der Waals surface area contributed by atoms with E-state index in [9.17, 15) is 5.26 Å². The summed E-state index contributed by atoms with van der Waals surface area (Å²) < 4.78 is 5.77. The zero-order valence-electron chi connectivity index (χ0n) is 16.4. The highest BCUT2D eigenvalue weighted by Crippen LogP contribution is 2.33. The Bertz CT molecular complexity index is 702. The molecule has 146 valence electrons. The molecule has 1 saturated heterocycles. The van der Waals surface area contributed by atoms with Crippen LogP contribution in [0.4, 0.5) is 11.6 Å². The van der Waals surface area contributed by atoms with Crippen molar-refractivity contribution in [1.29, 1.82) is 5.26 Å². The first kappa shape index (κ1) is 18.5. The van der Waals surface area contributed by atoms with Crippen LogP contribution >= 0.6 is 0 Å². The van der Waals surface area contributed by atoms with E-state index in [0.29, 0.717) is 6.04 Å². The van der Waals surface area contributed by atoms with Crippen molar-refractivity contribution >= 4 is 11.6 Å². The van der Waals surface area contributed by atoms with Crippen LogP contribution in [0.2, 0.25) is 0 Å². The zero-order valence-corrected chi connectivity index (χ0v) is 16.4. The Morgan fingerprint density at radius 1 is 1.15 bits per heavy atom. The molecular weight excluding hydrogens is 338 g/mol. The topological polar surface area (TPSA) is 73.2 Å². The minimum atomic E-state index is 0.272. The van der Waals surface area contributed by atoms with Crippen molar-refractivity contribution in [2.75, 3.05) is 37.4 Å². The van der Waals surface area contributed by atoms with Gasteiger partial charge in [-0.15, -0.1) is 0 Å². The van der Waals surface area contributed by atoms with Crippen LogP contribution in [-0.4, -0.2) is 48.8 Å². The highest BCUT2D eigenvalue weighted by molar-refractivity contribution is 5.66. The van der Waals surface area contributed by atoms with Gasteiger partial charge in [0.05, 0.1) is 11.7 Å². The first-order valence-electron chi connectivity index (χ1n) is 10.5. The molecule has 2 N–H and O–H groups in total. The van der Waals surface area contributed by atoms with E-state index in [4.69, 9.17) is 9.72 Å². The lowest BCUT2D eigenvalue weighted by Crippen LogP contribution is -2.31. The molecule has 3 heterocycles. The molecule has 2 fully saturated rings. The molecule has 0 radical (unpaired) electrons. The average molecular weight is 370 g/mol. The normalized spacial score (nSPS) is 23.6. The van der Waals surface area contributed by atoms with Crippen LogP contribution in [0.5, 0.6) is 0 Å². The number of hydrogen-bond acceptors (Lipinski definition) is 6. The van der Waals surface area contributed by atoms with Crippen molar-refractivity contribution in [3.63, 3.8) is 0 Å². The van der Waals surface area contributed by atoms with Crippen molar-refractivity contribution in [2.24, 2.45) is 0 Å². The monoisotopic (exact) mass is 369 g/mol. The number of fused-ring (bicyclic) bond motifs is 1. The molecule has 0 unspecified atom stereocenters. The standard InChI is InChI=1S/C21H31N5O/c1-26-10-9-17-18(12-22)21(24-15-6-3-2-4-7-15)25-20(19(17)14-26)23-13-16-8-5-11-27-16/h15-16H,2-11,13-14H2,1H3,(H2,23,24,25)/t16-/m0/s1. The Morgan fingerprint density at radius 3 is 2.74 bits per heavy atom. The van der Waals surface area contributed by atoms with E-state index in [2.05, 4.69) is 28.7 Å². The predicted octanol–water partition coefficient (Wildman–Crippen LogP) is 3.28. The first-order valence-corrected chi connectivity index (χ1v) is 10.5. The van der Waals surface area contributed by atoms with Crippen molar-refractivity contribution in [3.8, 4) is 6.07 Å². The molecule has 3 aliphatic rings. The van der Waals surface area contributed by atoms with Crippen molar-refractivity contribution in [1.82, 2.24) is 9.88 Å². The van der Waals surface area contributed by atoms with Gasteiger partial charge in [0, 0.05) is 37.8 Å². The molecule has 0 spiro atoms. The van der Waals surface area contributed by atoms with Crippen LogP contribution in [-0.2, 0) is 17.7 Å². The second-order valence-electron chi connectivity index (χ2n) is 8.24. The number of ether oxygens (including phenoxy) is 1. The first-order chi connectivity index (χ1) is 13.2. The summed E-state index contributed by atoms with van der Waals surface area (Å²) in [7, 11) is 2.13. The van der Waals surface area contributed by atoms with E-state index in [1.165, 1.54) is 43.2 Å². The van der Waals surface area contributed by atoms with Gasteiger partial charge in [0.15, 0.2) is 0 Å². The van der Waals surface area contributed by atoms with E-state index >= 15 is 0 Å². The summed E-state index contributed by atoms with van der Waals surface area (Å²) >= 11 is 0. The highest BCUT2D eigenvalue weighted by Gasteiger charge is 2.26. The molecule has 1 aromatic rings. The Kier molecular flexibility index (Phi) is 5.80. The summed E-state index contributed by atoms with van der Waals surface area (Å²) in [5.41, 5.74) is 3.12. The number of nitrogens with zero attached hydrogens (tertiary/aromatic N) is 3. The van der Waals surface area contributed by atoms with Gasteiger partial charge in [0.25, 0.3) is 0 Å². The largest absolute Gasteiger partial charge is 0.376 e. The maximum Gasteiger partial charge on any atom is 0.146 e. The summed E-state index contributed by atoms with van der Waals surface area (Å²) in [6.07, 6.45) is 9.62. The van der Waals surface area contributed by atoms with Gasteiger partial charge in [0.2, 0.25) is 0 Å². The molecule has 27 heavy (non-hydrogen) atoms. The van der Waals surface area contributed by atoms with Gasteiger partial charge in [-0.25, -0.2) is 4.98 Å². The molecule has 1 aromatic heterocycles. The molecular formula is C21H31N5O. The fourth-order valence-electron chi connectivity index (χ4n) is 4.60. The Hall–Kier alpha value is -1.84. The molecule has 4 rings (SSSR count). The highest BCUT2D eigenvalue weighted by atomic mass is 16.5. The molecule has 2 aliphatic heterocycles. The number of pyridine rings is 1. The van der Waals surface area contributed by atoms with Crippen LogP contribution in [0, 0.1) is 11.3 Å². The van der Waals surface area contributed by atoms with Crippen LogP contribution in [0.15, 0.2) is 0 Å². The fourth-order valence-corrected chi connectivity index (χ4v) is 4.60. The summed E-state index contributed by atoms with van der Waals surface area (Å²) in [5.74, 6) is 1.71. The van der Waals surface area contributed by atoms with Gasteiger partial charge in [-0.2, -0.15) is 5.26 Å². The van der Waals surface area contributed by atoms with Crippen LogP contribution in [0.1, 0.15) is 61.6 Å². The third-order valence-electron chi connectivity index (χ3n) is 6.16. The summed E-state index contributed by atoms with van der Waals surface area (Å²) in [4.78, 5) is 7.22. The SMILES string of the molecule is CN1CCc2c(C#N)c(NC3CCCCC3)nc(NC[C@@H]3CCCO3)c2C1. The fraction of sp³-hybridized carbons (Fsp3) is 0.714. The molecule has 6 heteroatoms. The summed E-state index contributed by atoms with van der Waals surface area (Å²) in [6, 6.07) is 2.90. The molecule has 0 amide bonds. The molecule has 1 aliphatic carbocycles. The Labute approximate surface area is 162 Å². The van der Waals surface area contributed by atoms with E-state index in [-0.39, 0.29) is 6.10 Å². The molecule has 6 nitrogen and oxygen atoms in total. The van der Waals surface area contributed by atoms with Gasteiger partial charge in [-0.3, -0.25) is 0 Å². The van der Waals surface area contributed by atoms with Crippen molar-refractivity contribution in [3.05, 3.63) is 16.7 Å². The lowest BCUT2D eigenvalue weighted by atomic mass is 9.93. The van der Waals surface area contributed by atoms with E-state index in [1.807, 2.05) is 0 Å². The maximum atomic E-state index is 9.88. The summed E-state index contributed by atoms with van der Waals surface area (Å²) in [6.45, 7) is 3.48. The van der Waals surface area contributed by atoms with Crippen LogP contribution < -0.4 is 10.6 Å². The number of aromatic nitrogens is 1. The number of nitrogens with one attached hydrogen (secondary N) is 2. The number of rotatable bonds is 5. The van der Waals surface area contributed by atoms with Gasteiger partial charge in [-0.05, 0) is 44.7 Å². The number of likely N-dealkylation sites (N-methyl/N-ethyl adjacent to an activating group) is 1. The molecule has 0 aromatic carbocycles. The lowest BCUT2D eigenvalue weighted by molar-refractivity contribution is 0.120. The van der Waals surface area contributed by atoms with Gasteiger partial charge >= 0.3 is 0 Å². The minimum Gasteiger partial charge on any atom is -0.376 e. The summed E-state index contributed by atoms with van der Waals surface area (Å²) in [5, 5.41) is 17.0. The van der Waals surface area contributed by atoms with Gasteiger partial charge in [0.1, 0.15) is 17.7 Å². The van der Waals surface area contributed by atoms with E-state index in [0.717, 1.165) is 62.7 Å². The Balaban J connectivity index is 1.62. The van der Waals surface area contributed by atoms with Crippen LogP contribution in [0.25, 0.3) is 0 Å². The van der Waals surface area contributed by atoms with Crippen LogP contribution in [0.3, 0.4) is 0 Å². The average Bonchev–Trinajstić information content (AvgIpc) is 3.21.